The number of anilines is 1. The molecule has 3 rings (SSSR count). The van der Waals surface area contributed by atoms with Gasteiger partial charge in [0, 0.05) is 0 Å². The lowest BCUT2D eigenvalue weighted by Crippen LogP contribution is -2.26. The van der Waals surface area contributed by atoms with Crippen LogP contribution in [-0.2, 0) is 0 Å². The number of alkyl halides is 1. The van der Waals surface area contributed by atoms with E-state index in [0.717, 1.165) is 0 Å². The molecule has 0 saturated carbocycles. The second kappa shape index (κ2) is 4.39. The minimum atomic E-state index is -1.66. The molecule has 0 bridgehead atoms. The third-order valence-corrected chi connectivity index (χ3v) is 3.35. The van der Waals surface area contributed by atoms with Gasteiger partial charge in [0.2, 0.25) is 5.95 Å². The van der Waals surface area contributed by atoms with E-state index in [9.17, 15) is 14.3 Å². The third-order valence-electron chi connectivity index (χ3n) is 3.35. The van der Waals surface area contributed by atoms with Crippen LogP contribution in [0.5, 0.6) is 0 Å². The quantitative estimate of drug-likeness (QED) is 0.515. The fourth-order valence-electron chi connectivity index (χ4n) is 2.34. The first-order chi connectivity index (χ1) is 9.52. The van der Waals surface area contributed by atoms with Crippen molar-refractivity contribution in [1.29, 1.82) is 0 Å². The highest BCUT2D eigenvalue weighted by molar-refractivity contribution is 5.70. The number of imidazole rings is 1. The Morgan fingerprint density at radius 2 is 2.30 bits per heavy atom. The van der Waals surface area contributed by atoms with Crippen LogP contribution in [0.1, 0.15) is 6.04 Å². The van der Waals surface area contributed by atoms with E-state index in [1.807, 2.05) is 0 Å². The van der Waals surface area contributed by atoms with E-state index in [2.05, 4.69) is 15.0 Å². The van der Waals surface area contributed by atoms with Gasteiger partial charge in [-0.25, -0.2) is 9.37 Å². The number of hydrogen-bond donors (Lipinski definition) is 4. The Morgan fingerprint density at radius 3 is 2.95 bits per heavy atom. The van der Waals surface area contributed by atoms with Gasteiger partial charge < -0.3 is 20.5 Å². The van der Waals surface area contributed by atoms with Crippen molar-refractivity contribution in [3.63, 3.8) is 0 Å². The summed E-state index contributed by atoms with van der Waals surface area (Å²) >= 11 is 0. The number of H-pyrrole nitrogens is 1. The number of nitrogens with two attached hydrogens (primary N) is 1. The third kappa shape index (κ3) is 1.71. The SMILES string of the molecule is Nc1nc2c(ncn2[C@@H]2C=C(CO)[C@H](O)C2F)c(=O)[nH]1. The highest BCUT2D eigenvalue weighted by Crippen LogP contribution is 2.32. The van der Waals surface area contributed by atoms with Gasteiger partial charge in [0.05, 0.1) is 19.0 Å². The van der Waals surface area contributed by atoms with Crippen LogP contribution < -0.4 is 11.3 Å². The fraction of sp³-hybridized carbons (Fsp3) is 0.364. The number of nitrogens with zero attached hydrogens (tertiary/aromatic N) is 3. The molecule has 20 heavy (non-hydrogen) atoms. The van der Waals surface area contributed by atoms with Crippen molar-refractivity contribution in [2.24, 2.45) is 0 Å². The molecule has 8 nitrogen and oxygen atoms in total. The fourth-order valence-corrected chi connectivity index (χ4v) is 2.34. The number of rotatable bonds is 2. The molecule has 5 N–H and O–H groups in total. The predicted molar refractivity (Wildman–Crippen MR) is 67.7 cm³/mol. The summed E-state index contributed by atoms with van der Waals surface area (Å²) in [6.07, 6.45) is -0.388. The maximum atomic E-state index is 14.1. The highest BCUT2D eigenvalue weighted by atomic mass is 19.1. The summed E-state index contributed by atoms with van der Waals surface area (Å²) < 4.78 is 15.4. The molecule has 9 heteroatoms. The van der Waals surface area contributed by atoms with Gasteiger partial charge in [0.15, 0.2) is 17.3 Å². The summed E-state index contributed by atoms with van der Waals surface area (Å²) in [5, 5.41) is 18.7. The maximum Gasteiger partial charge on any atom is 0.280 e. The lowest BCUT2D eigenvalue weighted by Gasteiger charge is -2.16. The Morgan fingerprint density at radius 1 is 1.55 bits per heavy atom. The van der Waals surface area contributed by atoms with E-state index in [4.69, 9.17) is 10.8 Å². The molecular formula is C11H12FN5O3. The monoisotopic (exact) mass is 281 g/mol. The van der Waals surface area contributed by atoms with Crippen molar-refractivity contribution < 1.29 is 14.6 Å². The molecule has 0 amide bonds. The van der Waals surface area contributed by atoms with E-state index in [-0.39, 0.29) is 22.7 Å². The van der Waals surface area contributed by atoms with Crippen LogP contribution in [0.25, 0.3) is 11.2 Å². The van der Waals surface area contributed by atoms with Gasteiger partial charge >= 0.3 is 0 Å². The molecule has 2 aromatic heterocycles. The zero-order chi connectivity index (χ0) is 14.4. The number of nitrogen functional groups attached to an aromatic ring is 1. The van der Waals surface area contributed by atoms with Crippen molar-refractivity contribution in [3.8, 4) is 0 Å². The first-order valence-corrected chi connectivity index (χ1v) is 5.89. The van der Waals surface area contributed by atoms with Crippen LogP contribution in [0, 0.1) is 0 Å². The van der Waals surface area contributed by atoms with E-state index < -0.39 is 30.5 Å². The molecule has 106 valence electrons. The number of aliphatic hydroxyl groups excluding tert-OH is 2. The van der Waals surface area contributed by atoms with Gasteiger partial charge in [0.1, 0.15) is 6.10 Å². The largest absolute Gasteiger partial charge is 0.392 e. The Balaban J connectivity index is 2.16. The first kappa shape index (κ1) is 12.8. The van der Waals surface area contributed by atoms with Crippen LogP contribution in [0.3, 0.4) is 0 Å². The number of aromatic amines is 1. The minimum absolute atomic E-state index is 0.0340. The van der Waals surface area contributed by atoms with Gasteiger partial charge in [-0.1, -0.05) is 6.08 Å². The van der Waals surface area contributed by atoms with Gasteiger partial charge in [-0.2, -0.15) is 4.98 Å². The number of halogens is 1. The van der Waals surface area contributed by atoms with Gasteiger partial charge in [-0.3, -0.25) is 9.78 Å². The number of nitrogens with one attached hydrogen (secondary N) is 1. The standard InChI is InChI=1S/C11H12FN5O3/c12-6-5(1-4(2-18)8(6)19)17-3-14-7-9(17)15-11(13)16-10(7)20/h1,3,5-6,8,18-19H,2H2,(H3,13,15,16,20)/t5-,6?,8+/m1/s1. The Kier molecular flexibility index (Phi) is 2.80. The van der Waals surface area contributed by atoms with Gasteiger partial charge in [0.25, 0.3) is 5.56 Å². The molecular weight excluding hydrogens is 269 g/mol. The lowest BCUT2D eigenvalue weighted by atomic mass is 10.1. The number of hydrogen-bond acceptors (Lipinski definition) is 6. The summed E-state index contributed by atoms with van der Waals surface area (Å²) in [5.74, 6) is -0.107. The van der Waals surface area contributed by atoms with Gasteiger partial charge in [-0.15, -0.1) is 0 Å². The molecule has 1 unspecified atom stereocenters. The molecule has 2 heterocycles. The van der Waals surface area contributed by atoms with Crippen molar-refractivity contribution in [2.75, 3.05) is 12.3 Å². The normalized spacial score (nSPS) is 26.1. The molecule has 1 aliphatic rings. The lowest BCUT2D eigenvalue weighted by molar-refractivity contribution is 0.0916. The summed E-state index contributed by atoms with van der Waals surface area (Å²) in [7, 11) is 0. The summed E-state index contributed by atoms with van der Waals surface area (Å²) in [6, 6.07) is -0.897. The number of allylic oxidation sites excluding steroid dienone is 1. The number of aromatic nitrogens is 4. The van der Waals surface area contributed by atoms with Crippen LogP contribution in [-0.4, -0.2) is 48.6 Å². The summed E-state index contributed by atoms with van der Waals surface area (Å²) in [5.41, 5.74) is 5.28. The molecule has 0 saturated heterocycles. The molecule has 0 fully saturated rings. The average molecular weight is 281 g/mol. The second-order valence-corrected chi connectivity index (χ2v) is 4.55. The van der Waals surface area contributed by atoms with E-state index in [0.29, 0.717) is 0 Å². The highest BCUT2D eigenvalue weighted by Gasteiger charge is 2.37. The predicted octanol–water partition coefficient (Wildman–Crippen LogP) is -1.13. The molecule has 2 aromatic rings. The molecule has 0 radical (unpaired) electrons. The van der Waals surface area contributed by atoms with Crippen LogP contribution in [0.4, 0.5) is 10.3 Å². The van der Waals surface area contributed by atoms with Crippen LogP contribution >= 0.6 is 0 Å². The Hall–Kier alpha value is -2.26. The van der Waals surface area contributed by atoms with E-state index >= 15 is 0 Å². The number of aliphatic hydroxyl groups is 2. The molecule has 1 aliphatic carbocycles. The molecule has 3 atom stereocenters. The van der Waals surface area contributed by atoms with Crippen molar-refractivity contribution in [3.05, 3.63) is 28.3 Å². The topological polar surface area (TPSA) is 130 Å². The first-order valence-electron chi connectivity index (χ1n) is 5.89. The number of fused-ring (bicyclic) bond motifs is 1. The molecule has 0 aliphatic heterocycles. The van der Waals surface area contributed by atoms with Crippen molar-refractivity contribution in [2.45, 2.75) is 18.3 Å². The van der Waals surface area contributed by atoms with Crippen molar-refractivity contribution in [1.82, 2.24) is 19.5 Å². The average Bonchev–Trinajstić information content (AvgIpc) is 2.93. The zero-order valence-corrected chi connectivity index (χ0v) is 10.2. The molecule has 0 spiro atoms. The van der Waals surface area contributed by atoms with E-state index in [1.54, 1.807) is 0 Å². The zero-order valence-electron chi connectivity index (χ0n) is 10.2. The molecule has 0 aromatic carbocycles. The van der Waals surface area contributed by atoms with Crippen molar-refractivity contribution >= 4 is 17.1 Å². The Labute approximate surface area is 111 Å². The summed E-state index contributed by atoms with van der Waals surface area (Å²) in [6.45, 7) is -0.444. The maximum absolute atomic E-state index is 14.1. The minimum Gasteiger partial charge on any atom is -0.392 e. The summed E-state index contributed by atoms with van der Waals surface area (Å²) in [4.78, 5) is 21.7. The van der Waals surface area contributed by atoms with Crippen LogP contribution in [0.2, 0.25) is 0 Å². The second-order valence-electron chi connectivity index (χ2n) is 4.55. The Bertz CT molecular complexity index is 752. The van der Waals surface area contributed by atoms with Crippen LogP contribution in [0.15, 0.2) is 22.8 Å². The van der Waals surface area contributed by atoms with E-state index in [1.165, 1.54) is 17.0 Å². The van der Waals surface area contributed by atoms with Gasteiger partial charge in [-0.05, 0) is 5.57 Å². The smallest absolute Gasteiger partial charge is 0.280 e.